The van der Waals surface area contributed by atoms with E-state index in [1.54, 1.807) is 19.1 Å². The first-order valence-corrected chi connectivity index (χ1v) is 9.33. The fourth-order valence-electron chi connectivity index (χ4n) is 2.56. The lowest BCUT2D eigenvalue weighted by Gasteiger charge is -2.21. The van der Waals surface area contributed by atoms with Crippen molar-refractivity contribution in [3.05, 3.63) is 29.8 Å². The maximum absolute atomic E-state index is 12.8. The maximum atomic E-state index is 12.8. The number of ether oxygens (including phenoxy) is 1. The number of carbonyl (C=O) groups is 2. The van der Waals surface area contributed by atoms with E-state index in [-0.39, 0.29) is 30.4 Å². The highest BCUT2D eigenvalue weighted by Crippen LogP contribution is 2.19. The van der Waals surface area contributed by atoms with Gasteiger partial charge in [-0.2, -0.15) is 4.31 Å². The molecule has 1 aliphatic rings. The van der Waals surface area contributed by atoms with Crippen LogP contribution in [-0.4, -0.2) is 62.3 Å². The average Bonchev–Trinajstić information content (AvgIpc) is 2.81. The molecule has 0 atom stereocenters. The van der Waals surface area contributed by atoms with Crippen LogP contribution in [0.5, 0.6) is 0 Å². The highest BCUT2D eigenvalue weighted by molar-refractivity contribution is 7.89. The number of rotatable bonds is 4. The number of carbonyl (C=O) groups excluding carboxylic acids is 2. The van der Waals surface area contributed by atoms with Gasteiger partial charge in [0.05, 0.1) is 11.5 Å². The van der Waals surface area contributed by atoms with Gasteiger partial charge in [-0.25, -0.2) is 13.2 Å². The monoisotopic (exact) mass is 354 g/mol. The average molecular weight is 354 g/mol. The molecule has 0 aromatic heterocycles. The largest absolute Gasteiger partial charge is 0.450 e. The molecule has 2 rings (SSSR count). The minimum Gasteiger partial charge on any atom is -0.450 e. The zero-order valence-corrected chi connectivity index (χ0v) is 14.7. The topological polar surface area (TPSA) is 84.0 Å². The number of hydrogen-bond donors (Lipinski definition) is 0. The normalized spacial score (nSPS) is 16.5. The Balaban J connectivity index is 2.17. The molecule has 132 valence electrons. The van der Waals surface area contributed by atoms with Gasteiger partial charge in [0.1, 0.15) is 0 Å². The fraction of sp³-hybridized carbons (Fsp3) is 0.500. The Morgan fingerprint density at radius 2 is 1.92 bits per heavy atom. The lowest BCUT2D eigenvalue weighted by molar-refractivity contribution is 0.101. The smallest absolute Gasteiger partial charge is 0.409 e. The molecule has 1 aromatic rings. The third-order valence-corrected chi connectivity index (χ3v) is 5.75. The van der Waals surface area contributed by atoms with Crippen LogP contribution in [0.15, 0.2) is 29.2 Å². The van der Waals surface area contributed by atoms with Crippen molar-refractivity contribution in [1.82, 2.24) is 9.21 Å². The van der Waals surface area contributed by atoms with Gasteiger partial charge < -0.3 is 9.64 Å². The molecule has 0 saturated carbocycles. The summed E-state index contributed by atoms with van der Waals surface area (Å²) in [4.78, 5) is 24.9. The number of hydrogen-bond acceptors (Lipinski definition) is 5. The van der Waals surface area contributed by atoms with Gasteiger partial charge in [-0.3, -0.25) is 4.79 Å². The standard InChI is InChI=1S/C16H22N2O5S/c1-3-23-16(20)17-8-5-9-18(11-10-17)24(21,22)15-7-4-6-14(12-15)13(2)19/h4,6-7,12H,3,5,8-11H2,1-2H3. The highest BCUT2D eigenvalue weighted by atomic mass is 32.2. The van der Waals surface area contributed by atoms with Gasteiger partial charge in [-0.15, -0.1) is 0 Å². The summed E-state index contributed by atoms with van der Waals surface area (Å²) in [5, 5.41) is 0. The van der Waals surface area contributed by atoms with Crippen molar-refractivity contribution in [1.29, 1.82) is 0 Å². The van der Waals surface area contributed by atoms with Crippen LogP contribution >= 0.6 is 0 Å². The molecule has 8 heteroatoms. The Kier molecular flexibility index (Phi) is 5.95. The van der Waals surface area contributed by atoms with Crippen molar-refractivity contribution in [3.63, 3.8) is 0 Å². The second-order valence-electron chi connectivity index (χ2n) is 5.53. The fourth-order valence-corrected chi connectivity index (χ4v) is 4.07. The Hall–Kier alpha value is -1.93. The quantitative estimate of drug-likeness (QED) is 0.769. The van der Waals surface area contributed by atoms with Crippen LogP contribution < -0.4 is 0 Å². The molecular formula is C16H22N2O5S. The Morgan fingerprint density at radius 1 is 1.17 bits per heavy atom. The van der Waals surface area contributed by atoms with E-state index < -0.39 is 16.1 Å². The van der Waals surface area contributed by atoms with E-state index in [0.717, 1.165) is 0 Å². The molecule has 0 spiro atoms. The summed E-state index contributed by atoms with van der Waals surface area (Å²) >= 11 is 0. The molecule has 1 aliphatic heterocycles. The van der Waals surface area contributed by atoms with Crippen molar-refractivity contribution in [2.75, 3.05) is 32.8 Å². The molecule has 7 nitrogen and oxygen atoms in total. The minimum atomic E-state index is -3.70. The molecule has 0 N–H and O–H groups in total. The molecule has 0 unspecified atom stereocenters. The van der Waals surface area contributed by atoms with E-state index in [4.69, 9.17) is 4.74 Å². The van der Waals surface area contributed by atoms with E-state index in [0.29, 0.717) is 25.1 Å². The van der Waals surface area contributed by atoms with Crippen molar-refractivity contribution in [2.45, 2.75) is 25.2 Å². The molecule has 1 amide bonds. The number of amides is 1. The predicted octanol–water partition coefficient (Wildman–Crippen LogP) is 1.74. The van der Waals surface area contributed by atoms with Gasteiger partial charge in [0.2, 0.25) is 10.0 Å². The molecule has 24 heavy (non-hydrogen) atoms. The van der Waals surface area contributed by atoms with E-state index in [1.807, 2.05) is 0 Å². The Bertz CT molecular complexity index is 717. The Labute approximate surface area is 142 Å². The van der Waals surface area contributed by atoms with Gasteiger partial charge in [0.25, 0.3) is 0 Å². The van der Waals surface area contributed by atoms with Gasteiger partial charge in [-0.1, -0.05) is 12.1 Å². The van der Waals surface area contributed by atoms with E-state index >= 15 is 0 Å². The van der Waals surface area contributed by atoms with Crippen molar-refractivity contribution < 1.29 is 22.7 Å². The predicted molar refractivity (Wildman–Crippen MR) is 88.4 cm³/mol. The molecule has 1 heterocycles. The molecule has 1 saturated heterocycles. The third kappa shape index (κ3) is 4.12. The Morgan fingerprint density at radius 3 is 2.58 bits per heavy atom. The van der Waals surface area contributed by atoms with Gasteiger partial charge in [-0.05, 0) is 32.4 Å². The van der Waals surface area contributed by atoms with Crippen LogP contribution in [0.4, 0.5) is 4.79 Å². The SMILES string of the molecule is CCOC(=O)N1CCCN(S(=O)(=O)c2cccc(C(C)=O)c2)CC1. The van der Waals surface area contributed by atoms with Gasteiger partial charge in [0, 0.05) is 31.7 Å². The molecule has 1 aromatic carbocycles. The second-order valence-corrected chi connectivity index (χ2v) is 7.47. The summed E-state index contributed by atoms with van der Waals surface area (Å²) in [6.07, 6.45) is 0.111. The molecular weight excluding hydrogens is 332 g/mol. The van der Waals surface area contributed by atoms with Crippen LogP contribution in [-0.2, 0) is 14.8 Å². The van der Waals surface area contributed by atoms with Crippen LogP contribution in [0.3, 0.4) is 0 Å². The lowest BCUT2D eigenvalue weighted by atomic mass is 10.2. The van der Waals surface area contributed by atoms with Crippen molar-refractivity contribution in [3.8, 4) is 0 Å². The van der Waals surface area contributed by atoms with E-state index in [1.165, 1.54) is 28.3 Å². The first-order chi connectivity index (χ1) is 11.4. The maximum Gasteiger partial charge on any atom is 0.409 e. The molecule has 0 aliphatic carbocycles. The number of Topliss-reactive ketones (excluding diaryl/α,β-unsaturated/α-hetero) is 1. The molecule has 0 radical (unpaired) electrons. The summed E-state index contributed by atoms with van der Waals surface area (Å²) < 4.78 is 31.9. The number of benzene rings is 1. The third-order valence-electron chi connectivity index (χ3n) is 3.86. The zero-order valence-electron chi connectivity index (χ0n) is 13.9. The second kappa shape index (κ2) is 7.76. The van der Waals surface area contributed by atoms with Crippen LogP contribution in [0.25, 0.3) is 0 Å². The lowest BCUT2D eigenvalue weighted by Crippen LogP contribution is -2.37. The van der Waals surface area contributed by atoms with Gasteiger partial charge in [0.15, 0.2) is 5.78 Å². The summed E-state index contributed by atoms with van der Waals surface area (Å²) in [7, 11) is -3.70. The highest BCUT2D eigenvalue weighted by Gasteiger charge is 2.28. The summed E-state index contributed by atoms with van der Waals surface area (Å²) in [6.45, 7) is 4.68. The van der Waals surface area contributed by atoms with Gasteiger partial charge >= 0.3 is 6.09 Å². The number of nitrogens with zero attached hydrogens (tertiary/aromatic N) is 2. The first-order valence-electron chi connectivity index (χ1n) is 7.89. The summed E-state index contributed by atoms with van der Waals surface area (Å²) in [6, 6.07) is 6.03. The van der Waals surface area contributed by atoms with Crippen LogP contribution in [0.2, 0.25) is 0 Å². The minimum absolute atomic E-state index is 0.0970. The molecule has 0 bridgehead atoms. The number of sulfonamides is 1. The first kappa shape index (κ1) is 18.4. The van der Waals surface area contributed by atoms with Crippen molar-refractivity contribution in [2.24, 2.45) is 0 Å². The number of ketones is 1. The molecule has 1 fully saturated rings. The van der Waals surface area contributed by atoms with Crippen LogP contribution in [0, 0.1) is 0 Å². The summed E-state index contributed by atoms with van der Waals surface area (Å²) in [5.41, 5.74) is 0.360. The summed E-state index contributed by atoms with van der Waals surface area (Å²) in [5.74, 6) is -0.184. The van der Waals surface area contributed by atoms with Crippen LogP contribution in [0.1, 0.15) is 30.6 Å². The van der Waals surface area contributed by atoms with E-state index in [9.17, 15) is 18.0 Å². The van der Waals surface area contributed by atoms with Crippen molar-refractivity contribution >= 4 is 21.9 Å². The van der Waals surface area contributed by atoms with E-state index in [2.05, 4.69) is 0 Å². The zero-order chi connectivity index (χ0) is 17.7.